The van der Waals surface area contributed by atoms with Gasteiger partial charge in [-0.25, -0.2) is 4.98 Å². The molecule has 3 rings (SSSR count). The summed E-state index contributed by atoms with van der Waals surface area (Å²) in [6, 6.07) is 3.82. The van der Waals surface area contributed by atoms with Gasteiger partial charge in [0.05, 0.1) is 5.92 Å². The lowest BCUT2D eigenvalue weighted by molar-refractivity contribution is -0.157. The molecule has 1 atom stereocenters. The van der Waals surface area contributed by atoms with E-state index in [9.17, 15) is 22.8 Å². The van der Waals surface area contributed by atoms with Gasteiger partial charge in [-0.15, -0.1) is 0 Å². The average molecular weight is 398 g/mol. The van der Waals surface area contributed by atoms with Crippen molar-refractivity contribution in [1.29, 1.82) is 0 Å². The molecular weight excluding hydrogens is 373 g/mol. The minimum atomic E-state index is -4.46. The number of aromatic nitrogens is 1. The molecule has 0 aromatic carbocycles. The molecule has 2 fully saturated rings. The van der Waals surface area contributed by atoms with Crippen molar-refractivity contribution in [3.8, 4) is 0 Å². The Balaban J connectivity index is 1.48. The average Bonchev–Trinajstić information content (AvgIpc) is 2.86. The van der Waals surface area contributed by atoms with Gasteiger partial charge in [0, 0.05) is 38.8 Å². The summed E-state index contributed by atoms with van der Waals surface area (Å²) in [6.45, 7) is 0.713. The highest BCUT2D eigenvalue weighted by atomic mass is 19.4. The molecule has 6 nitrogen and oxygen atoms in total. The van der Waals surface area contributed by atoms with Crippen molar-refractivity contribution in [3.05, 3.63) is 23.9 Å². The molecule has 0 unspecified atom stereocenters. The smallest absolute Gasteiger partial charge is 0.357 e. The number of nitrogens with zero attached hydrogens (tertiary/aromatic N) is 3. The van der Waals surface area contributed by atoms with Gasteiger partial charge < -0.3 is 15.1 Å². The van der Waals surface area contributed by atoms with Gasteiger partial charge in [-0.3, -0.25) is 9.59 Å². The summed E-state index contributed by atoms with van der Waals surface area (Å²) in [5.41, 5.74) is 0.809. The molecule has 3 heterocycles. The SMILES string of the molecule is O=C(NCc1ccc(N2CCCCCC2)nc1)[C@@H]1CC(=O)N(CC(F)(F)F)C1. The lowest BCUT2D eigenvalue weighted by Crippen LogP contribution is -2.37. The van der Waals surface area contributed by atoms with Crippen LogP contribution in [0.1, 0.15) is 37.7 Å². The highest BCUT2D eigenvalue weighted by Gasteiger charge is 2.40. The molecule has 9 heteroatoms. The van der Waals surface area contributed by atoms with Crippen molar-refractivity contribution < 1.29 is 22.8 Å². The van der Waals surface area contributed by atoms with Crippen LogP contribution in [0.2, 0.25) is 0 Å². The van der Waals surface area contributed by atoms with E-state index in [1.54, 1.807) is 6.20 Å². The van der Waals surface area contributed by atoms with Crippen LogP contribution in [0.3, 0.4) is 0 Å². The summed E-state index contributed by atoms with van der Waals surface area (Å²) in [5, 5.41) is 2.70. The fraction of sp³-hybridized carbons (Fsp3) is 0.632. The van der Waals surface area contributed by atoms with Crippen LogP contribution in [0.25, 0.3) is 0 Å². The molecule has 2 aliphatic heterocycles. The zero-order chi connectivity index (χ0) is 20.1. The molecule has 1 aromatic heterocycles. The maximum absolute atomic E-state index is 12.5. The van der Waals surface area contributed by atoms with E-state index in [1.807, 2.05) is 12.1 Å². The standard InChI is InChI=1S/C19H25F3N4O2/c20-19(21,22)13-26-12-15(9-17(26)27)18(28)24-11-14-5-6-16(23-10-14)25-7-3-1-2-4-8-25/h5-6,10,15H,1-4,7-9,11-13H2,(H,24,28)/t15-/m1/s1. The Bertz CT molecular complexity index is 685. The van der Waals surface area contributed by atoms with Gasteiger partial charge in [0.15, 0.2) is 0 Å². The third-order valence-electron chi connectivity index (χ3n) is 5.16. The molecule has 154 valence electrons. The van der Waals surface area contributed by atoms with E-state index < -0.39 is 30.5 Å². The van der Waals surface area contributed by atoms with Gasteiger partial charge in [0.2, 0.25) is 11.8 Å². The van der Waals surface area contributed by atoms with Gasteiger partial charge in [-0.2, -0.15) is 13.2 Å². The van der Waals surface area contributed by atoms with Gasteiger partial charge in [0.25, 0.3) is 0 Å². The molecular formula is C19H25F3N4O2. The molecule has 0 saturated carbocycles. The molecule has 2 saturated heterocycles. The summed E-state index contributed by atoms with van der Waals surface area (Å²) in [7, 11) is 0. The summed E-state index contributed by atoms with van der Waals surface area (Å²) in [4.78, 5) is 31.3. The van der Waals surface area contributed by atoms with E-state index in [4.69, 9.17) is 0 Å². The molecule has 0 aliphatic carbocycles. The van der Waals surface area contributed by atoms with Crippen molar-refractivity contribution in [2.45, 2.75) is 44.8 Å². The van der Waals surface area contributed by atoms with Crippen LogP contribution >= 0.6 is 0 Å². The first-order valence-electron chi connectivity index (χ1n) is 9.64. The van der Waals surface area contributed by atoms with Gasteiger partial charge in [-0.05, 0) is 24.5 Å². The number of carbonyl (C=O) groups is 2. The van der Waals surface area contributed by atoms with Crippen LogP contribution in [0.15, 0.2) is 18.3 Å². The minimum absolute atomic E-state index is 0.186. The molecule has 0 radical (unpaired) electrons. The fourth-order valence-corrected chi connectivity index (χ4v) is 3.66. The summed E-state index contributed by atoms with van der Waals surface area (Å²) in [6.07, 6.45) is 1.86. The number of anilines is 1. The second-order valence-corrected chi connectivity index (χ2v) is 7.43. The zero-order valence-corrected chi connectivity index (χ0v) is 15.7. The van der Waals surface area contributed by atoms with Crippen molar-refractivity contribution in [2.75, 3.05) is 31.1 Å². The Morgan fingerprint density at radius 2 is 1.89 bits per heavy atom. The number of hydrogen-bond donors (Lipinski definition) is 1. The van der Waals surface area contributed by atoms with E-state index >= 15 is 0 Å². The Morgan fingerprint density at radius 3 is 2.50 bits per heavy atom. The number of hydrogen-bond acceptors (Lipinski definition) is 4. The highest BCUT2D eigenvalue weighted by Crippen LogP contribution is 2.24. The maximum Gasteiger partial charge on any atom is 0.406 e. The first kappa shape index (κ1) is 20.4. The van der Waals surface area contributed by atoms with Crippen molar-refractivity contribution in [3.63, 3.8) is 0 Å². The number of amides is 2. The summed E-state index contributed by atoms with van der Waals surface area (Å²) < 4.78 is 37.4. The van der Waals surface area contributed by atoms with Gasteiger partial charge >= 0.3 is 6.18 Å². The normalized spacial score (nSPS) is 21.0. The zero-order valence-electron chi connectivity index (χ0n) is 15.7. The van der Waals surface area contributed by atoms with Crippen molar-refractivity contribution in [2.24, 2.45) is 5.92 Å². The number of rotatable bonds is 5. The first-order chi connectivity index (χ1) is 13.3. The second kappa shape index (κ2) is 8.79. The maximum atomic E-state index is 12.5. The molecule has 1 N–H and O–H groups in total. The lowest BCUT2D eigenvalue weighted by Gasteiger charge is -2.21. The number of halogens is 3. The van der Waals surface area contributed by atoms with Crippen LogP contribution in [-0.2, 0) is 16.1 Å². The third kappa shape index (κ3) is 5.59. The van der Waals surface area contributed by atoms with Crippen LogP contribution in [0.5, 0.6) is 0 Å². The fourth-order valence-electron chi connectivity index (χ4n) is 3.66. The molecule has 2 aliphatic rings. The Hall–Kier alpha value is -2.32. The van der Waals surface area contributed by atoms with Crippen LogP contribution in [-0.4, -0.2) is 54.1 Å². The van der Waals surface area contributed by atoms with Crippen LogP contribution in [0, 0.1) is 5.92 Å². The molecule has 0 bridgehead atoms. The second-order valence-electron chi connectivity index (χ2n) is 7.43. The number of nitrogens with one attached hydrogen (secondary N) is 1. The predicted octanol–water partition coefficient (Wildman–Crippen LogP) is 2.49. The Labute approximate surface area is 162 Å². The highest BCUT2D eigenvalue weighted by molar-refractivity contribution is 5.89. The number of alkyl halides is 3. The summed E-state index contributed by atoms with van der Waals surface area (Å²) in [5.74, 6) is -0.879. The number of pyridine rings is 1. The van der Waals surface area contributed by atoms with Gasteiger partial charge in [0.1, 0.15) is 12.4 Å². The first-order valence-corrected chi connectivity index (χ1v) is 9.64. The quantitative estimate of drug-likeness (QED) is 0.828. The molecule has 2 amide bonds. The van der Waals surface area contributed by atoms with Crippen molar-refractivity contribution in [1.82, 2.24) is 15.2 Å². The lowest BCUT2D eigenvalue weighted by atomic mass is 10.1. The minimum Gasteiger partial charge on any atom is -0.357 e. The van der Waals surface area contributed by atoms with E-state index in [1.165, 1.54) is 12.8 Å². The topological polar surface area (TPSA) is 65.5 Å². The third-order valence-corrected chi connectivity index (χ3v) is 5.16. The monoisotopic (exact) mass is 398 g/mol. The molecule has 0 spiro atoms. The van der Waals surface area contributed by atoms with Crippen molar-refractivity contribution >= 4 is 17.6 Å². The van der Waals surface area contributed by atoms with Crippen LogP contribution < -0.4 is 10.2 Å². The largest absolute Gasteiger partial charge is 0.406 e. The van der Waals surface area contributed by atoms with E-state index in [0.717, 1.165) is 37.3 Å². The Kier molecular flexibility index (Phi) is 6.41. The van der Waals surface area contributed by atoms with E-state index in [2.05, 4.69) is 15.2 Å². The van der Waals surface area contributed by atoms with E-state index in [-0.39, 0.29) is 19.5 Å². The van der Waals surface area contributed by atoms with Crippen LogP contribution in [0.4, 0.5) is 19.0 Å². The van der Waals surface area contributed by atoms with E-state index in [0.29, 0.717) is 4.90 Å². The molecule has 1 aromatic rings. The number of carbonyl (C=O) groups excluding carboxylic acids is 2. The molecule has 28 heavy (non-hydrogen) atoms. The number of likely N-dealkylation sites (tertiary alicyclic amines) is 1. The van der Waals surface area contributed by atoms with Gasteiger partial charge in [-0.1, -0.05) is 18.9 Å². The predicted molar refractivity (Wildman–Crippen MR) is 97.5 cm³/mol. The Morgan fingerprint density at radius 1 is 1.18 bits per heavy atom. The summed E-state index contributed by atoms with van der Waals surface area (Å²) >= 11 is 0.